The quantitative estimate of drug-likeness (QED) is 0.821. The Morgan fingerprint density at radius 3 is 2.89 bits per heavy atom. The zero-order valence-electron chi connectivity index (χ0n) is 11.0. The minimum Gasteiger partial charge on any atom is -0.444 e. The Labute approximate surface area is 108 Å². The molecule has 0 radical (unpaired) electrons. The third-order valence-corrected chi connectivity index (χ3v) is 3.08. The molecule has 1 heterocycles. The fraction of sp³-hybridized carbons (Fsp3) is 0.400. The predicted octanol–water partition coefficient (Wildman–Crippen LogP) is 4.33. The Morgan fingerprint density at radius 2 is 2.22 bits per heavy atom. The Kier molecular flexibility index (Phi) is 4.40. The van der Waals surface area contributed by atoms with Crippen LogP contribution in [0.15, 0.2) is 41.3 Å². The molecule has 0 saturated heterocycles. The topological polar surface area (TPSA) is 38.1 Å². The lowest BCUT2D eigenvalue weighted by Crippen LogP contribution is -2.17. The van der Waals surface area contributed by atoms with Crippen LogP contribution in [0.5, 0.6) is 0 Å². The van der Waals surface area contributed by atoms with Gasteiger partial charge >= 0.3 is 0 Å². The van der Waals surface area contributed by atoms with Gasteiger partial charge in [-0.05, 0) is 25.0 Å². The Morgan fingerprint density at radius 1 is 1.33 bits per heavy atom. The largest absolute Gasteiger partial charge is 0.444 e. The van der Waals surface area contributed by atoms with Gasteiger partial charge in [-0.3, -0.25) is 0 Å². The molecule has 2 aromatic rings. The SMILES string of the molecule is CCCC(CC)Nc1cccc(-c2cnco2)c1. The average Bonchev–Trinajstić information content (AvgIpc) is 2.92. The van der Waals surface area contributed by atoms with Crippen molar-refractivity contribution >= 4 is 5.69 Å². The number of nitrogens with one attached hydrogen (secondary N) is 1. The summed E-state index contributed by atoms with van der Waals surface area (Å²) in [5.41, 5.74) is 2.20. The van der Waals surface area contributed by atoms with E-state index in [-0.39, 0.29) is 0 Å². The second kappa shape index (κ2) is 6.24. The standard InChI is InChI=1S/C15H20N2O/c1-3-6-13(4-2)17-14-8-5-7-12(9-14)15-10-16-11-18-15/h5,7-11,13,17H,3-4,6H2,1-2H3. The van der Waals surface area contributed by atoms with E-state index in [0.29, 0.717) is 6.04 Å². The van der Waals surface area contributed by atoms with E-state index in [1.807, 2.05) is 12.1 Å². The van der Waals surface area contributed by atoms with Gasteiger partial charge in [0, 0.05) is 17.3 Å². The van der Waals surface area contributed by atoms with Crippen LogP contribution in [0.3, 0.4) is 0 Å². The lowest BCUT2D eigenvalue weighted by Gasteiger charge is -2.17. The smallest absolute Gasteiger partial charge is 0.181 e. The molecule has 0 fully saturated rings. The van der Waals surface area contributed by atoms with E-state index in [2.05, 4.69) is 36.3 Å². The summed E-state index contributed by atoms with van der Waals surface area (Å²) >= 11 is 0. The first-order valence-electron chi connectivity index (χ1n) is 6.59. The number of oxazole rings is 1. The van der Waals surface area contributed by atoms with Gasteiger partial charge in [-0.2, -0.15) is 0 Å². The Bertz CT molecular complexity index is 465. The molecule has 1 N–H and O–H groups in total. The van der Waals surface area contributed by atoms with Crippen molar-refractivity contribution in [2.75, 3.05) is 5.32 Å². The van der Waals surface area contributed by atoms with E-state index in [1.54, 1.807) is 6.20 Å². The fourth-order valence-corrected chi connectivity index (χ4v) is 2.08. The summed E-state index contributed by atoms with van der Waals surface area (Å²) < 4.78 is 5.31. The van der Waals surface area contributed by atoms with Gasteiger partial charge in [0.25, 0.3) is 0 Å². The molecule has 0 spiro atoms. The van der Waals surface area contributed by atoms with Crippen molar-refractivity contribution in [1.82, 2.24) is 4.98 Å². The number of nitrogens with zero attached hydrogens (tertiary/aromatic N) is 1. The second-order valence-electron chi connectivity index (χ2n) is 4.48. The summed E-state index contributed by atoms with van der Waals surface area (Å²) in [4.78, 5) is 3.95. The first-order valence-corrected chi connectivity index (χ1v) is 6.59. The Hall–Kier alpha value is -1.77. The molecular weight excluding hydrogens is 224 g/mol. The van der Waals surface area contributed by atoms with Crippen LogP contribution < -0.4 is 5.32 Å². The molecule has 1 unspecified atom stereocenters. The summed E-state index contributed by atoms with van der Waals surface area (Å²) in [6.07, 6.45) is 6.74. The van der Waals surface area contributed by atoms with Crippen molar-refractivity contribution in [3.05, 3.63) is 36.9 Å². The molecule has 2 rings (SSSR count). The molecule has 96 valence electrons. The lowest BCUT2D eigenvalue weighted by molar-refractivity contribution is 0.572. The van der Waals surface area contributed by atoms with Crippen LogP contribution in [0.4, 0.5) is 5.69 Å². The molecule has 3 heteroatoms. The van der Waals surface area contributed by atoms with Crippen LogP contribution in [-0.2, 0) is 0 Å². The fourth-order valence-electron chi connectivity index (χ4n) is 2.08. The summed E-state index contributed by atoms with van der Waals surface area (Å²) in [5, 5.41) is 3.57. The molecule has 0 aliphatic carbocycles. The minimum atomic E-state index is 0.542. The normalized spacial score (nSPS) is 12.3. The number of benzene rings is 1. The Balaban J connectivity index is 2.12. The molecule has 0 aliphatic rings. The van der Waals surface area contributed by atoms with Crippen molar-refractivity contribution < 1.29 is 4.42 Å². The van der Waals surface area contributed by atoms with Gasteiger partial charge in [0.15, 0.2) is 12.2 Å². The summed E-state index contributed by atoms with van der Waals surface area (Å²) in [7, 11) is 0. The second-order valence-corrected chi connectivity index (χ2v) is 4.48. The van der Waals surface area contributed by atoms with Crippen LogP contribution in [0, 0.1) is 0 Å². The molecule has 1 aromatic carbocycles. The van der Waals surface area contributed by atoms with Crippen LogP contribution >= 0.6 is 0 Å². The van der Waals surface area contributed by atoms with E-state index < -0.39 is 0 Å². The number of hydrogen-bond acceptors (Lipinski definition) is 3. The van der Waals surface area contributed by atoms with Gasteiger partial charge in [0.2, 0.25) is 0 Å². The van der Waals surface area contributed by atoms with Gasteiger partial charge in [0.1, 0.15) is 0 Å². The molecule has 1 aromatic heterocycles. The highest BCUT2D eigenvalue weighted by molar-refractivity contribution is 5.63. The molecule has 18 heavy (non-hydrogen) atoms. The zero-order chi connectivity index (χ0) is 12.8. The van der Waals surface area contributed by atoms with Gasteiger partial charge in [-0.15, -0.1) is 0 Å². The number of hydrogen-bond donors (Lipinski definition) is 1. The van der Waals surface area contributed by atoms with E-state index in [1.165, 1.54) is 19.2 Å². The van der Waals surface area contributed by atoms with Crippen molar-refractivity contribution in [2.24, 2.45) is 0 Å². The van der Waals surface area contributed by atoms with Gasteiger partial charge < -0.3 is 9.73 Å². The highest BCUT2D eigenvalue weighted by atomic mass is 16.3. The van der Waals surface area contributed by atoms with Crippen molar-refractivity contribution in [3.63, 3.8) is 0 Å². The number of anilines is 1. The maximum Gasteiger partial charge on any atom is 0.181 e. The lowest BCUT2D eigenvalue weighted by atomic mass is 10.1. The van der Waals surface area contributed by atoms with E-state index in [0.717, 1.165) is 23.4 Å². The summed E-state index contributed by atoms with van der Waals surface area (Å²) in [5.74, 6) is 0.808. The zero-order valence-corrected chi connectivity index (χ0v) is 11.0. The molecule has 1 atom stereocenters. The van der Waals surface area contributed by atoms with Gasteiger partial charge in [-0.1, -0.05) is 32.4 Å². The summed E-state index contributed by atoms with van der Waals surface area (Å²) in [6.45, 7) is 4.43. The number of rotatable bonds is 6. The maximum absolute atomic E-state index is 5.31. The maximum atomic E-state index is 5.31. The van der Waals surface area contributed by atoms with Crippen LogP contribution in [0.25, 0.3) is 11.3 Å². The van der Waals surface area contributed by atoms with Crippen LogP contribution in [0.1, 0.15) is 33.1 Å². The molecular formula is C15H20N2O. The van der Waals surface area contributed by atoms with Crippen molar-refractivity contribution in [2.45, 2.75) is 39.2 Å². The first-order chi connectivity index (χ1) is 8.83. The van der Waals surface area contributed by atoms with E-state index >= 15 is 0 Å². The number of aromatic nitrogens is 1. The molecule has 3 nitrogen and oxygen atoms in total. The highest BCUT2D eigenvalue weighted by Gasteiger charge is 2.06. The van der Waals surface area contributed by atoms with E-state index in [9.17, 15) is 0 Å². The third-order valence-electron chi connectivity index (χ3n) is 3.08. The van der Waals surface area contributed by atoms with Crippen LogP contribution in [-0.4, -0.2) is 11.0 Å². The van der Waals surface area contributed by atoms with Crippen molar-refractivity contribution in [3.8, 4) is 11.3 Å². The third kappa shape index (κ3) is 3.13. The van der Waals surface area contributed by atoms with Gasteiger partial charge in [-0.25, -0.2) is 4.98 Å². The molecule has 0 aliphatic heterocycles. The minimum absolute atomic E-state index is 0.542. The highest BCUT2D eigenvalue weighted by Crippen LogP contribution is 2.23. The monoisotopic (exact) mass is 244 g/mol. The summed E-state index contributed by atoms with van der Waals surface area (Å²) in [6, 6.07) is 8.82. The van der Waals surface area contributed by atoms with Crippen LogP contribution in [0.2, 0.25) is 0 Å². The molecule has 0 amide bonds. The predicted molar refractivity (Wildman–Crippen MR) is 74.5 cm³/mol. The molecule has 0 bridgehead atoms. The molecule has 0 saturated carbocycles. The van der Waals surface area contributed by atoms with E-state index in [4.69, 9.17) is 4.42 Å². The van der Waals surface area contributed by atoms with Gasteiger partial charge in [0.05, 0.1) is 6.20 Å². The first kappa shape index (κ1) is 12.7. The average molecular weight is 244 g/mol. The van der Waals surface area contributed by atoms with Crippen molar-refractivity contribution in [1.29, 1.82) is 0 Å².